The Balaban J connectivity index is 1.89. The fraction of sp³-hybridized carbons (Fsp3) is 0.211. The van der Waals surface area contributed by atoms with E-state index in [4.69, 9.17) is 0 Å². The lowest BCUT2D eigenvalue weighted by molar-refractivity contribution is 0.104. The maximum Gasteiger partial charge on any atom is 0.189 e. The first kappa shape index (κ1) is 15.2. The number of allylic oxidation sites excluding steroid dienone is 1. The van der Waals surface area contributed by atoms with Crippen LogP contribution in [-0.4, -0.2) is 20.5 Å². The predicted molar refractivity (Wildman–Crippen MR) is 92.5 cm³/mol. The number of carbonyl (C=O) groups is 1. The third kappa shape index (κ3) is 2.93. The van der Waals surface area contributed by atoms with Crippen LogP contribution < -0.4 is 0 Å². The van der Waals surface area contributed by atoms with Crippen LogP contribution in [0.3, 0.4) is 0 Å². The monoisotopic (exact) mass is 305 g/mol. The normalized spacial score (nSPS) is 11.4. The molecule has 0 bridgehead atoms. The van der Waals surface area contributed by atoms with Gasteiger partial charge in [-0.1, -0.05) is 18.2 Å². The van der Waals surface area contributed by atoms with Crippen molar-refractivity contribution >= 4 is 22.8 Å². The Morgan fingerprint density at radius 2 is 2.09 bits per heavy atom. The third-order valence-corrected chi connectivity index (χ3v) is 3.98. The average molecular weight is 305 g/mol. The Labute approximate surface area is 135 Å². The lowest BCUT2D eigenvalue weighted by Crippen LogP contribution is -2.01. The van der Waals surface area contributed by atoms with E-state index in [2.05, 4.69) is 10.1 Å². The van der Waals surface area contributed by atoms with E-state index in [1.54, 1.807) is 12.3 Å². The number of aryl methyl sites for hydroxylation is 2. The summed E-state index contributed by atoms with van der Waals surface area (Å²) in [6.07, 6.45) is 5.24. The number of fused-ring (bicyclic) bond motifs is 1. The molecule has 0 atom stereocenters. The van der Waals surface area contributed by atoms with E-state index in [-0.39, 0.29) is 5.78 Å². The molecule has 0 fully saturated rings. The summed E-state index contributed by atoms with van der Waals surface area (Å²) in [6.45, 7) is 6.60. The summed E-state index contributed by atoms with van der Waals surface area (Å²) in [5.74, 6) is -0.00835. The average Bonchev–Trinajstić information content (AvgIpc) is 2.86. The number of benzene rings is 1. The zero-order valence-electron chi connectivity index (χ0n) is 13.6. The molecule has 0 aliphatic rings. The van der Waals surface area contributed by atoms with Gasteiger partial charge in [0.2, 0.25) is 0 Å². The molecule has 23 heavy (non-hydrogen) atoms. The highest BCUT2D eigenvalue weighted by atomic mass is 16.1. The highest BCUT2D eigenvalue weighted by Crippen LogP contribution is 2.17. The van der Waals surface area contributed by atoms with Crippen molar-refractivity contribution in [1.29, 1.82) is 0 Å². The number of nitrogens with zero attached hydrogens (tertiary/aromatic N) is 3. The SMILES string of the molecule is CCn1nc(C)c(C(=O)/C=C/c2ccc3ncccc3c2)c1C. The van der Waals surface area contributed by atoms with Crippen LogP contribution in [0.2, 0.25) is 0 Å². The fourth-order valence-corrected chi connectivity index (χ4v) is 2.81. The minimum Gasteiger partial charge on any atom is -0.289 e. The molecule has 0 unspecified atom stereocenters. The zero-order valence-corrected chi connectivity index (χ0v) is 13.6. The van der Waals surface area contributed by atoms with Crippen molar-refractivity contribution in [3.05, 3.63) is 65.1 Å². The van der Waals surface area contributed by atoms with E-state index < -0.39 is 0 Å². The van der Waals surface area contributed by atoms with Gasteiger partial charge in [0, 0.05) is 23.8 Å². The van der Waals surface area contributed by atoms with Crippen LogP contribution in [0.5, 0.6) is 0 Å². The van der Waals surface area contributed by atoms with Crippen LogP contribution in [0.15, 0.2) is 42.6 Å². The standard InChI is InChI=1S/C19H19N3O/c1-4-22-14(3)19(13(2)21-22)18(23)10-8-15-7-9-17-16(12-15)6-5-11-20-17/h5-12H,4H2,1-3H3/b10-8+. The molecule has 2 aromatic heterocycles. The van der Waals surface area contributed by atoms with E-state index in [9.17, 15) is 4.79 Å². The van der Waals surface area contributed by atoms with E-state index in [0.29, 0.717) is 5.56 Å². The molecule has 0 aliphatic carbocycles. The van der Waals surface area contributed by atoms with Crippen molar-refractivity contribution in [3.63, 3.8) is 0 Å². The smallest absolute Gasteiger partial charge is 0.189 e. The molecule has 0 amide bonds. The molecule has 0 saturated heterocycles. The highest BCUT2D eigenvalue weighted by Gasteiger charge is 2.15. The molecule has 3 aromatic rings. The Hall–Kier alpha value is -2.75. The van der Waals surface area contributed by atoms with E-state index in [0.717, 1.165) is 34.4 Å². The third-order valence-electron chi connectivity index (χ3n) is 3.98. The molecule has 0 saturated carbocycles. The maximum absolute atomic E-state index is 12.5. The Kier molecular flexibility index (Phi) is 4.06. The Morgan fingerprint density at radius 1 is 1.26 bits per heavy atom. The number of hydrogen-bond donors (Lipinski definition) is 0. The van der Waals surface area contributed by atoms with Crippen LogP contribution in [0.4, 0.5) is 0 Å². The number of carbonyl (C=O) groups excluding carboxylic acids is 1. The fourth-order valence-electron chi connectivity index (χ4n) is 2.81. The van der Waals surface area contributed by atoms with Gasteiger partial charge in [-0.05, 0) is 50.6 Å². The Bertz CT molecular complexity index is 906. The van der Waals surface area contributed by atoms with Crippen molar-refractivity contribution < 1.29 is 4.79 Å². The summed E-state index contributed by atoms with van der Waals surface area (Å²) < 4.78 is 1.86. The van der Waals surface area contributed by atoms with Crippen molar-refractivity contribution in [2.75, 3.05) is 0 Å². The van der Waals surface area contributed by atoms with Gasteiger partial charge in [-0.25, -0.2) is 0 Å². The van der Waals surface area contributed by atoms with Gasteiger partial charge in [0.15, 0.2) is 5.78 Å². The van der Waals surface area contributed by atoms with E-state index in [1.807, 2.05) is 61.9 Å². The summed E-state index contributed by atoms with van der Waals surface area (Å²) in [6, 6.07) is 9.88. The molecule has 0 radical (unpaired) electrons. The highest BCUT2D eigenvalue weighted by molar-refractivity contribution is 6.08. The van der Waals surface area contributed by atoms with Crippen LogP contribution in [0, 0.1) is 13.8 Å². The lowest BCUT2D eigenvalue weighted by atomic mass is 10.1. The van der Waals surface area contributed by atoms with Gasteiger partial charge >= 0.3 is 0 Å². The summed E-state index contributed by atoms with van der Waals surface area (Å²) in [7, 11) is 0. The second-order valence-corrected chi connectivity index (χ2v) is 5.51. The van der Waals surface area contributed by atoms with Crippen LogP contribution in [-0.2, 0) is 6.54 Å². The summed E-state index contributed by atoms with van der Waals surface area (Å²) >= 11 is 0. The molecule has 0 aliphatic heterocycles. The van der Waals surface area contributed by atoms with Gasteiger partial charge in [0.25, 0.3) is 0 Å². The molecule has 0 spiro atoms. The molecule has 2 heterocycles. The summed E-state index contributed by atoms with van der Waals surface area (Å²) in [5.41, 5.74) is 4.33. The van der Waals surface area contributed by atoms with Gasteiger partial charge in [0.1, 0.15) is 0 Å². The minimum atomic E-state index is -0.00835. The van der Waals surface area contributed by atoms with Gasteiger partial charge in [-0.3, -0.25) is 14.5 Å². The largest absolute Gasteiger partial charge is 0.289 e. The Morgan fingerprint density at radius 3 is 2.83 bits per heavy atom. The number of aromatic nitrogens is 3. The second kappa shape index (κ2) is 6.16. The number of hydrogen-bond acceptors (Lipinski definition) is 3. The second-order valence-electron chi connectivity index (χ2n) is 5.51. The van der Waals surface area contributed by atoms with Gasteiger partial charge in [0.05, 0.1) is 16.8 Å². The number of pyridine rings is 1. The predicted octanol–water partition coefficient (Wildman–Crippen LogP) is 3.96. The number of ketones is 1. The molecule has 116 valence electrons. The zero-order chi connectivity index (χ0) is 16.4. The maximum atomic E-state index is 12.5. The lowest BCUT2D eigenvalue weighted by Gasteiger charge is -2.00. The van der Waals surface area contributed by atoms with Crippen molar-refractivity contribution in [1.82, 2.24) is 14.8 Å². The van der Waals surface area contributed by atoms with Gasteiger partial charge in [-0.15, -0.1) is 0 Å². The molecule has 1 aromatic carbocycles. The van der Waals surface area contributed by atoms with Crippen LogP contribution >= 0.6 is 0 Å². The quantitative estimate of drug-likeness (QED) is 0.541. The van der Waals surface area contributed by atoms with Crippen molar-refractivity contribution in [3.8, 4) is 0 Å². The molecule has 0 N–H and O–H groups in total. The molecule has 3 rings (SSSR count). The first-order valence-electron chi connectivity index (χ1n) is 7.71. The van der Waals surface area contributed by atoms with Crippen molar-refractivity contribution in [2.45, 2.75) is 27.3 Å². The van der Waals surface area contributed by atoms with E-state index in [1.165, 1.54) is 0 Å². The van der Waals surface area contributed by atoms with Crippen molar-refractivity contribution in [2.24, 2.45) is 0 Å². The minimum absolute atomic E-state index is 0.00835. The molecular formula is C19H19N3O. The van der Waals surface area contributed by atoms with Gasteiger partial charge in [-0.2, -0.15) is 5.10 Å². The topological polar surface area (TPSA) is 47.8 Å². The van der Waals surface area contributed by atoms with Crippen LogP contribution in [0.1, 0.15) is 34.2 Å². The van der Waals surface area contributed by atoms with E-state index >= 15 is 0 Å². The first-order valence-corrected chi connectivity index (χ1v) is 7.71. The number of rotatable bonds is 4. The summed E-state index contributed by atoms with van der Waals surface area (Å²) in [5, 5.41) is 5.46. The summed E-state index contributed by atoms with van der Waals surface area (Å²) in [4.78, 5) is 16.8. The molecule has 4 nitrogen and oxygen atoms in total. The van der Waals surface area contributed by atoms with Gasteiger partial charge < -0.3 is 0 Å². The molecular weight excluding hydrogens is 286 g/mol. The van der Waals surface area contributed by atoms with Crippen LogP contribution in [0.25, 0.3) is 17.0 Å². The molecule has 4 heteroatoms. The first-order chi connectivity index (χ1) is 11.1.